The van der Waals surface area contributed by atoms with Crippen LogP contribution in [0.2, 0.25) is 0 Å². The molecule has 0 saturated carbocycles. The van der Waals surface area contributed by atoms with Gasteiger partial charge in [-0.05, 0) is 46.9 Å². The zero-order chi connectivity index (χ0) is 21.1. The van der Waals surface area contributed by atoms with Gasteiger partial charge in [-0.25, -0.2) is 9.89 Å². The predicted molar refractivity (Wildman–Crippen MR) is 117 cm³/mol. The van der Waals surface area contributed by atoms with Gasteiger partial charge in [-0.2, -0.15) is 0 Å². The highest BCUT2D eigenvalue weighted by molar-refractivity contribution is 5.80. The third-order valence-electron chi connectivity index (χ3n) is 5.65. The zero-order valence-electron chi connectivity index (χ0n) is 17.5. The highest BCUT2D eigenvalue weighted by Crippen LogP contribution is 2.29. The smallest absolute Gasteiger partial charge is 0.296 e. The van der Waals surface area contributed by atoms with Crippen molar-refractivity contribution in [3.05, 3.63) is 76.5 Å². The van der Waals surface area contributed by atoms with Gasteiger partial charge in [0.05, 0.1) is 6.54 Å². The third kappa shape index (κ3) is 3.70. The lowest BCUT2D eigenvalue weighted by Crippen LogP contribution is -2.27. The van der Waals surface area contributed by atoms with Crippen molar-refractivity contribution in [1.29, 1.82) is 0 Å². The second kappa shape index (κ2) is 8.49. The van der Waals surface area contributed by atoms with E-state index >= 15 is 0 Å². The van der Waals surface area contributed by atoms with E-state index in [0.717, 1.165) is 40.8 Å². The second-order valence-electron chi connectivity index (χ2n) is 7.50. The van der Waals surface area contributed by atoms with E-state index in [2.05, 4.69) is 71.7 Å². The molecule has 0 amide bonds. The van der Waals surface area contributed by atoms with Crippen LogP contribution in [0.3, 0.4) is 0 Å². The maximum absolute atomic E-state index is 12.9. The highest BCUT2D eigenvalue weighted by atomic mass is 16.1. The molecule has 0 saturated heterocycles. The molecule has 2 heterocycles. The summed E-state index contributed by atoms with van der Waals surface area (Å²) < 4.78 is 3.74. The lowest BCUT2D eigenvalue weighted by molar-refractivity contribution is 0.504. The molecule has 154 valence electrons. The fourth-order valence-electron chi connectivity index (χ4n) is 3.70. The van der Waals surface area contributed by atoms with E-state index in [1.54, 1.807) is 0 Å². The van der Waals surface area contributed by atoms with Crippen LogP contribution >= 0.6 is 0 Å². The van der Waals surface area contributed by atoms with Gasteiger partial charge in [-0.3, -0.25) is 9.13 Å². The molecule has 2 aromatic heterocycles. The second-order valence-corrected chi connectivity index (χ2v) is 7.50. The first-order chi connectivity index (χ1) is 14.6. The Morgan fingerprint density at radius 3 is 2.40 bits per heavy atom. The van der Waals surface area contributed by atoms with Crippen LogP contribution in [0.25, 0.3) is 22.5 Å². The average molecular weight is 403 g/mol. The van der Waals surface area contributed by atoms with Crippen LogP contribution < -0.4 is 5.69 Å². The minimum Gasteiger partial charge on any atom is -0.296 e. The Morgan fingerprint density at radius 2 is 1.77 bits per heavy atom. The minimum atomic E-state index is 0.0634. The van der Waals surface area contributed by atoms with Gasteiger partial charge in [-0.15, -0.1) is 5.10 Å². The van der Waals surface area contributed by atoms with Crippen LogP contribution in [-0.4, -0.2) is 29.8 Å². The molecule has 1 atom stereocenters. The number of hydrogen-bond acceptors (Lipinski definition) is 4. The number of H-pyrrole nitrogens is 1. The van der Waals surface area contributed by atoms with E-state index in [-0.39, 0.29) is 11.7 Å². The van der Waals surface area contributed by atoms with Crippen molar-refractivity contribution in [1.82, 2.24) is 29.8 Å². The molecular weight excluding hydrogens is 376 g/mol. The molecule has 7 nitrogen and oxygen atoms in total. The summed E-state index contributed by atoms with van der Waals surface area (Å²) in [6, 6.07) is 16.6. The van der Waals surface area contributed by atoms with Crippen molar-refractivity contribution in [2.75, 3.05) is 0 Å². The Hall–Kier alpha value is -3.48. The van der Waals surface area contributed by atoms with Crippen LogP contribution in [0.5, 0.6) is 0 Å². The van der Waals surface area contributed by atoms with Crippen LogP contribution in [-0.2, 0) is 13.0 Å². The van der Waals surface area contributed by atoms with Crippen molar-refractivity contribution < 1.29 is 0 Å². The minimum absolute atomic E-state index is 0.0634. The van der Waals surface area contributed by atoms with Gasteiger partial charge in [0.1, 0.15) is 0 Å². The number of aromatic amines is 1. The Labute approximate surface area is 175 Å². The fourth-order valence-corrected chi connectivity index (χ4v) is 3.70. The summed E-state index contributed by atoms with van der Waals surface area (Å²) in [5.41, 5.74) is 5.30. The molecule has 0 fully saturated rings. The largest absolute Gasteiger partial charge is 0.328 e. The van der Waals surface area contributed by atoms with Crippen molar-refractivity contribution in [2.45, 2.75) is 46.2 Å². The topological polar surface area (TPSA) is 81.4 Å². The molecule has 0 bridgehead atoms. The molecule has 0 aliphatic heterocycles. The Bertz CT molecular complexity index is 1170. The number of nitrogens with one attached hydrogen (secondary N) is 1. The number of benzene rings is 2. The number of rotatable bonds is 7. The van der Waals surface area contributed by atoms with Gasteiger partial charge >= 0.3 is 5.69 Å². The molecular formula is C23H26N6O. The first-order valence-corrected chi connectivity index (χ1v) is 10.3. The third-order valence-corrected chi connectivity index (χ3v) is 5.65. The molecule has 0 radical (unpaired) electrons. The van der Waals surface area contributed by atoms with Gasteiger partial charge in [0.15, 0.2) is 5.82 Å². The SMILES string of the molecule is CCc1cn(C(C)CC)c(=O)n1Cc1ccc(-c2ccccc2-c2nnn[nH]2)cc1. The zero-order valence-corrected chi connectivity index (χ0v) is 17.5. The maximum atomic E-state index is 12.9. The van der Waals surface area contributed by atoms with Gasteiger partial charge in [-0.1, -0.05) is 62.4 Å². The molecule has 30 heavy (non-hydrogen) atoms. The van der Waals surface area contributed by atoms with Crippen molar-refractivity contribution >= 4 is 0 Å². The maximum Gasteiger partial charge on any atom is 0.328 e. The summed E-state index contributed by atoms with van der Waals surface area (Å²) in [5.74, 6) is 0.639. The van der Waals surface area contributed by atoms with E-state index in [1.165, 1.54) is 0 Å². The summed E-state index contributed by atoms with van der Waals surface area (Å²) >= 11 is 0. The van der Waals surface area contributed by atoms with E-state index in [0.29, 0.717) is 12.4 Å². The number of tetrazole rings is 1. The molecule has 4 aromatic rings. The van der Waals surface area contributed by atoms with Crippen LogP contribution in [0.15, 0.2) is 59.5 Å². The van der Waals surface area contributed by atoms with Gasteiger partial charge in [0.2, 0.25) is 0 Å². The van der Waals surface area contributed by atoms with E-state index in [4.69, 9.17) is 0 Å². The molecule has 7 heteroatoms. The molecule has 0 aliphatic carbocycles. The van der Waals surface area contributed by atoms with E-state index in [9.17, 15) is 4.79 Å². The summed E-state index contributed by atoms with van der Waals surface area (Å²) in [5, 5.41) is 14.2. The molecule has 2 aromatic carbocycles. The Morgan fingerprint density at radius 1 is 1.03 bits per heavy atom. The number of aromatic nitrogens is 6. The standard InChI is InChI=1S/C23H26N6O/c1-4-16(3)28-15-19(5-2)29(23(28)30)14-17-10-12-18(13-11-17)20-8-6-7-9-21(20)22-24-26-27-25-22/h6-13,15-16H,4-5,14H2,1-3H3,(H,24,25,26,27). The molecule has 1 unspecified atom stereocenters. The van der Waals surface area contributed by atoms with Crippen molar-refractivity contribution in [2.24, 2.45) is 0 Å². The number of aryl methyl sites for hydroxylation is 1. The summed E-state index contributed by atoms with van der Waals surface area (Å²) in [7, 11) is 0. The quantitative estimate of drug-likeness (QED) is 0.505. The highest BCUT2D eigenvalue weighted by Gasteiger charge is 2.14. The monoisotopic (exact) mass is 402 g/mol. The van der Waals surface area contributed by atoms with Gasteiger partial charge < -0.3 is 0 Å². The normalized spacial score (nSPS) is 12.2. The molecule has 0 spiro atoms. The predicted octanol–water partition coefficient (Wildman–Crippen LogP) is 4.08. The number of hydrogen-bond donors (Lipinski definition) is 1. The van der Waals surface area contributed by atoms with Crippen LogP contribution in [0.1, 0.15) is 44.5 Å². The molecule has 0 aliphatic rings. The Kier molecular flexibility index (Phi) is 5.61. The summed E-state index contributed by atoms with van der Waals surface area (Å²) in [4.78, 5) is 12.9. The summed E-state index contributed by atoms with van der Waals surface area (Å²) in [6.45, 7) is 6.84. The Balaban J connectivity index is 1.64. The fraction of sp³-hybridized carbons (Fsp3) is 0.304. The van der Waals surface area contributed by atoms with Crippen molar-refractivity contribution in [3.8, 4) is 22.5 Å². The first-order valence-electron chi connectivity index (χ1n) is 10.3. The van der Waals surface area contributed by atoms with E-state index < -0.39 is 0 Å². The van der Waals surface area contributed by atoms with E-state index in [1.807, 2.05) is 33.5 Å². The number of imidazole rings is 1. The van der Waals surface area contributed by atoms with Gasteiger partial charge in [0, 0.05) is 23.5 Å². The number of nitrogens with zero attached hydrogens (tertiary/aromatic N) is 5. The molecule has 4 rings (SSSR count). The lowest BCUT2D eigenvalue weighted by Gasteiger charge is -2.10. The lowest BCUT2D eigenvalue weighted by atomic mass is 9.98. The van der Waals surface area contributed by atoms with Crippen molar-refractivity contribution in [3.63, 3.8) is 0 Å². The van der Waals surface area contributed by atoms with Gasteiger partial charge in [0.25, 0.3) is 0 Å². The molecule has 1 N–H and O–H groups in total. The summed E-state index contributed by atoms with van der Waals surface area (Å²) in [6.07, 6.45) is 3.77. The van der Waals surface area contributed by atoms with Crippen LogP contribution in [0.4, 0.5) is 0 Å². The first kappa shape index (κ1) is 19.8. The average Bonchev–Trinajstić information content (AvgIpc) is 3.43. The van der Waals surface area contributed by atoms with Crippen LogP contribution in [0, 0.1) is 0 Å².